The molecule has 2 heterocycles. The predicted octanol–water partition coefficient (Wildman–Crippen LogP) is 3.57. The van der Waals surface area contributed by atoms with E-state index in [1.165, 1.54) is 5.56 Å². The van der Waals surface area contributed by atoms with E-state index in [0.717, 1.165) is 48.6 Å². The number of nitrogens with one attached hydrogen (secondary N) is 1. The third-order valence-corrected chi connectivity index (χ3v) is 4.95. The number of nitrogens with zero attached hydrogens (tertiary/aromatic N) is 2. The third-order valence-electron chi connectivity index (χ3n) is 4.70. The molecule has 1 saturated carbocycles. The first-order valence-electron chi connectivity index (χ1n) is 7.80. The SMILES string of the molecule is O=C(c1cn[nH]c1C1CC1)N1CCC(c2ccc(Cl)cc2)C1. The van der Waals surface area contributed by atoms with Gasteiger partial charge in [0.25, 0.3) is 5.91 Å². The monoisotopic (exact) mass is 315 g/mol. The number of likely N-dealkylation sites (tertiary alicyclic amines) is 1. The number of carbonyl (C=O) groups excluding carboxylic acids is 1. The number of benzene rings is 1. The lowest BCUT2D eigenvalue weighted by Gasteiger charge is -2.16. The smallest absolute Gasteiger partial charge is 0.257 e. The van der Waals surface area contributed by atoms with Gasteiger partial charge in [-0.25, -0.2) is 0 Å². The van der Waals surface area contributed by atoms with E-state index in [9.17, 15) is 4.79 Å². The second kappa shape index (κ2) is 5.43. The summed E-state index contributed by atoms with van der Waals surface area (Å²) in [7, 11) is 0. The number of halogens is 1. The summed E-state index contributed by atoms with van der Waals surface area (Å²) in [6.07, 6.45) is 5.02. The van der Waals surface area contributed by atoms with Crippen LogP contribution in [0.15, 0.2) is 30.5 Å². The number of hydrogen-bond acceptors (Lipinski definition) is 2. The van der Waals surface area contributed by atoms with Crippen LogP contribution < -0.4 is 0 Å². The molecule has 2 fully saturated rings. The summed E-state index contributed by atoms with van der Waals surface area (Å²) in [5.41, 5.74) is 3.05. The quantitative estimate of drug-likeness (QED) is 0.941. The Morgan fingerprint density at radius 2 is 1.95 bits per heavy atom. The molecule has 4 rings (SSSR count). The fraction of sp³-hybridized carbons (Fsp3) is 0.412. The van der Waals surface area contributed by atoms with Crippen molar-refractivity contribution in [3.8, 4) is 0 Å². The summed E-state index contributed by atoms with van der Waals surface area (Å²) < 4.78 is 0. The summed E-state index contributed by atoms with van der Waals surface area (Å²) in [5, 5.41) is 7.84. The number of H-pyrrole nitrogens is 1. The first kappa shape index (κ1) is 13.8. The van der Waals surface area contributed by atoms with Gasteiger partial charge in [-0.3, -0.25) is 9.89 Å². The minimum Gasteiger partial charge on any atom is -0.338 e. The van der Waals surface area contributed by atoms with Gasteiger partial charge in [0.15, 0.2) is 0 Å². The Bertz CT molecular complexity index is 690. The maximum absolute atomic E-state index is 12.7. The van der Waals surface area contributed by atoms with Crippen LogP contribution in [-0.4, -0.2) is 34.1 Å². The van der Waals surface area contributed by atoms with Gasteiger partial charge in [0.05, 0.1) is 17.5 Å². The zero-order valence-corrected chi connectivity index (χ0v) is 13.0. The Morgan fingerprint density at radius 1 is 1.18 bits per heavy atom. The average Bonchev–Trinajstić information content (AvgIpc) is 3.07. The number of amides is 1. The predicted molar refractivity (Wildman–Crippen MR) is 85.3 cm³/mol. The summed E-state index contributed by atoms with van der Waals surface area (Å²) >= 11 is 5.94. The maximum Gasteiger partial charge on any atom is 0.257 e. The van der Waals surface area contributed by atoms with Gasteiger partial charge in [0.1, 0.15) is 0 Å². The standard InChI is InChI=1S/C17H18ClN3O/c18-14-5-3-11(4-6-14)13-7-8-21(10-13)17(22)15-9-19-20-16(15)12-1-2-12/h3-6,9,12-13H,1-2,7-8,10H2,(H,19,20). The van der Waals surface area contributed by atoms with E-state index in [1.807, 2.05) is 17.0 Å². The van der Waals surface area contributed by atoms with Gasteiger partial charge in [-0.2, -0.15) is 5.10 Å². The first-order chi connectivity index (χ1) is 10.7. The van der Waals surface area contributed by atoms with Crippen LogP contribution >= 0.6 is 11.6 Å². The van der Waals surface area contributed by atoms with Gasteiger partial charge in [-0.15, -0.1) is 0 Å². The van der Waals surface area contributed by atoms with Crippen molar-refractivity contribution in [1.29, 1.82) is 0 Å². The number of rotatable bonds is 3. The topological polar surface area (TPSA) is 49.0 Å². The van der Waals surface area contributed by atoms with Crippen LogP contribution in [0.1, 0.15) is 52.7 Å². The van der Waals surface area contributed by atoms with Crippen LogP contribution in [0.3, 0.4) is 0 Å². The van der Waals surface area contributed by atoms with Crippen LogP contribution in [0.5, 0.6) is 0 Å². The number of aromatic amines is 1. The summed E-state index contributed by atoms with van der Waals surface area (Å²) in [4.78, 5) is 14.7. The molecule has 4 nitrogen and oxygen atoms in total. The van der Waals surface area contributed by atoms with E-state index in [0.29, 0.717) is 11.8 Å². The lowest BCUT2D eigenvalue weighted by molar-refractivity contribution is 0.0789. The number of aromatic nitrogens is 2. The molecule has 22 heavy (non-hydrogen) atoms. The van der Waals surface area contributed by atoms with Crippen LogP contribution in [0.2, 0.25) is 5.02 Å². The summed E-state index contributed by atoms with van der Waals surface area (Å²) in [5.74, 6) is 1.03. The Morgan fingerprint density at radius 3 is 2.68 bits per heavy atom. The van der Waals surface area contributed by atoms with Crippen LogP contribution in [0, 0.1) is 0 Å². The van der Waals surface area contributed by atoms with Crippen molar-refractivity contribution in [3.63, 3.8) is 0 Å². The molecule has 1 aromatic heterocycles. The molecule has 0 bridgehead atoms. The van der Waals surface area contributed by atoms with Crippen molar-refractivity contribution < 1.29 is 4.79 Å². The maximum atomic E-state index is 12.7. The molecule has 1 unspecified atom stereocenters. The molecule has 5 heteroatoms. The molecular formula is C17H18ClN3O. The van der Waals surface area contributed by atoms with Crippen molar-refractivity contribution in [2.24, 2.45) is 0 Å². The Kier molecular flexibility index (Phi) is 3.41. The van der Waals surface area contributed by atoms with E-state index in [1.54, 1.807) is 6.20 Å². The van der Waals surface area contributed by atoms with Crippen molar-refractivity contribution in [3.05, 3.63) is 52.3 Å². The minimum atomic E-state index is 0.118. The van der Waals surface area contributed by atoms with Gasteiger partial charge in [0.2, 0.25) is 0 Å². The second-order valence-electron chi connectivity index (χ2n) is 6.26. The molecule has 1 aliphatic carbocycles. The van der Waals surface area contributed by atoms with E-state index in [-0.39, 0.29) is 5.91 Å². The Hall–Kier alpha value is -1.81. The molecule has 1 aromatic carbocycles. The number of hydrogen-bond donors (Lipinski definition) is 1. The highest BCUT2D eigenvalue weighted by Gasteiger charge is 2.34. The number of carbonyl (C=O) groups is 1. The highest BCUT2D eigenvalue weighted by Crippen LogP contribution is 2.41. The van der Waals surface area contributed by atoms with Gasteiger partial charge in [0, 0.05) is 29.9 Å². The normalized spacial score (nSPS) is 21.3. The molecule has 0 spiro atoms. The van der Waals surface area contributed by atoms with Crippen molar-refractivity contribution in [1.82, 2.24) is 15.1 Å². The van der Waals surface area contributed by atoms with Gasteiger partial charge in [-0.1, -0.05) is 23.7 Å². The summed E-state index contributed by atoms with van der Waals surface area (Å²) in [6.45, 7) is 1.58. The molecule has 0 radical (unpaired) electrons. The minimum absolute atomic E-state index is 0.118. The molecule has 114 valence electrons. The van der Waals surface area contributed by atoms with Crippen LogP contribution in [0.4, 0.5) is 0 Å². The zero-order chi connectivity index (χ0) is 15.1. The Labute approximate surface area is 134 Å². The van der Waals surface area contributed by atoms with E-state index >= 15 is 0 Å². The largest absolute Gasteiger partial charge is 0.338 e. The molecule has 1 amide bonds. The van der Waals surface area contributed by atoms with E-state index < -0.39 is 0 Å². The lowest BCUT2D eigenvalue weighted by Crippen LogP contribution is -2.28. The highest BCUT2D eigenvalue weighted by molar-refractivity contribution is 6.30. The Balaban J connectivity index is 1.49. The highest BCUT2D eigenvalue weighted by atomic mass is 35.5. The van der Waals surface area contributed by atoms with Gasteiger partial charge >= 0.3 is 0 Å². The molecule has 1 N–H and O–H groups in total. The molecule has 1 atom stereocenters. The van der Waals surface area contributed by atoms with Crippen molar-refractivity contribution in [2.45, 2.75) is 31.1 Å². The molecule has 1 saturated heterocycles. The third kappa shape index (κ3) is 2.52. The first-order valence-corrected chi connectivity index (χ1v) is 8.18. The van der Waals surface area contributed by atoms with Crippen LogP contribution in [0.25, 0.3) is 0 Å². The van der Waals surface area contributed by atoms with Crippen LogP contribution in [-0.2, 0) is 0 Å². The fourth-order valence-electron chi connectivity index (χ4n) is 3.27. The fourth-order valence-corrected chi connectivity index (χ4v) is 3.40. The average molecular weight is 316 g/mol. The van der Waals surface area contributed by atoms with Crippen molar-refractivity contribution in [2.75, 3.05) is 13.1 Å². The molecule has 1 aliphatic heterocycles. The zero-order valence-electron chi connectivity index (χ0n) is 12.3. The second-order valence-corrected chi connectivity index (χ2v) is 6.70. The molecule has 2 aromatic rings. The van der Waals surface area contributed by atoms with E-state index in [4.69, 9.17) is 11.6 Å². The summed E-state index contributed by atoms with van der Waals surface area (Å²) in [6, 6.07) is 7.97. The lowest BCUT2D eigenvalue weighted by atomic mass is 9.99. The molecule has 2 aliphatic rings. The van der Waals surface area contributed by atoms with Gasteiger partial charge < -0.3 is 4.90 Å². The van der Waals surface area contributed by atoms with Crippen molar-refractivity contribution >= 4 is 17.5 Å². The van der Waals surface area contributed by atoms with Gasteiger partial charge in [-0.05, 0) is 37.0 Å². The molecular weight excluding hydrogens is 298 g/mol. The van der Waals surface area contributed by atoms with E-state index in [2.05, 4.69) is 22.3 Å².